The van der Waals surface area contributed by atoms with Gasteiger partial charge in [-0.15, -0.1) is 0 Å². The summed E-state index contributed by atoms with van der Waals surface area (Å²) in [4.78, 5) is 21.1. The van der Waals surface area contributed by atoms with Gasteiger partial charge in [-0.25, -0.2) is 0 Å². The van der Waals surface area contributed by atoms with Gasteiger partial charge >= 0.3 is 0 Å². The summed E-state index contributed by atoms with van der Waals surface area (Å²) in [5.41, 5.74) is -0.232. The number of rotatable bonds is 1. The minimum Gasteiger partial charge on any atom is -0.492 e. The van der Waals surface area contributed by atoms with Crippen molar-refractivity contribution in [3.05, 3.63) is 19.7 Å². The summed E-state index contributed by atoms with van der Waals surface area (Å²) in [6.07, 6.45) is 4.52. The molecule has 0 amide bonds. The van der Waals surface area contributed by atoms with Crippen LogP contribution in [0, 0.1) is 3.57 Å². The summed E-state index contributed by atoms with van der Waals surface area (Å²) in [5.74, 6) is 0.790. The van der Waals surface area contributed by atoms with E-state index >= 15 is 0 Å². The van der Waals surface area contributed by atoms with Crippen molar-refractivity contribution in [3.63, 3.8) is 0 Å². The lowest BCUT2D eigenvalue weighted by Crippen LogP contribution is -2.39. The van der Waals surface area contributed by atoms with E-state index in [-0.39, 0.29) is 20.9 Å². The van der Waals surface area contributed by atoms with E-state index in [4.69, 9.17) is 0 Å². The fourth-order valence-electron chi connectivity index (χ4n) is 3.29. The number of hydrogen-bond donors (Lipinski definition) is 2. The molecule has 18 heavy (non-hydrogen) atoms. The van der Waals surface area contributed by atoms with Gasteiger partial charge in [0.05, 0.1) is 0 Å². The van der Waals surface area contributed by atoms with Gasteiger partial charge < -0.3 is 15.0 Å². The van der Waals surface area contributed by atoms with Crippen LogP contribution in [-0.4, -0.2) is 39.1 Å². The number of aromatic hydroxyl groups is 1. The van der Waals surface area contributed by atoms with E-state index in [1.807, 2.05) is 22.6 Å². The van der Waals surface area contributed by atoms with Crippen molar-refractivity contribution >= 4 is 22.6 Å². The van der Waals surface area contributed by atoms with Gasteiger partial charge in [0, 0.05) is 18.0 Å². The highest BCUT2D eigenvalue weighted by atomic mass is 127. The van der Waals surface area contributed by atoms with Crippen molar-refractivity contribution in [2.75, 3.05) is 7.05 Å². The van der Waals surface area contributed by atoms with Crippen molar-refractivity contribution in [2.24, 2.45) is 0 Å². The van der Waals surface area contributed by atoms with E-state index in [9.17, 15) is 9.90 Å². The SMILES string of the molecule is CN1C2CCC1CC(c1nc(O)c(I)c(=O)[nH]1)C2. The van der Waals surface area contributed by atoms with Crippen LogP contribution in [0.25, 0.3) is 0 Å². The standard InChI is InChI=1S/C12H16IN3O2/c1-16-7-2-3-8(16)5-6(4-7)10-14-11(17)9(13)12(18)15-10/h6-8H,2-5H2,1H3,(H2,14,15,17,18). The van der Waals surface area contributed by atoms with E-state index in [0.29, 0.717) is 17.9 Å². The van der Waals surface area contributed by atoms with Gasteiger partial charge in [0.25, 0.3) is 5.56 Å². The second kappa shape index (κ2) is 4.48. The van der Waals surface area contributed by atoms with Gasteiger partial charge in [-0.1, -0.05) is 0 Å². The Balaban J connectivity index is 1.91. The fourth-order valence-corrected chi connectivity index (χ4v) is 3.55. The molecule has 5 nitrogen and oxygen atoms in total. The van der Waals surface area contributed by atoms with E-state index in [2.05, 4.69) is 21.9 Å². The molecule has 1 aromatic rings. The Hall–Kier alpha value is -0.630. The van der Waals surface area contributed by atoms with Gasteiger partial charge in [-0.2, -0.15) is 4.98 Å². The molecule has 2 saturated heterocycles. The third-order valence-corrected chi connectivity index (χ3v) is 5.32. The third-order valence-electron chi connectivity index (χ3n) is 4.35. The number of H-pyrrole nitrogens is 1. The highest BCUT2D eigenvalue weighted by Gasteiger charge is 2.39. The molecule has 2 aliphatic heterocycles. The van der Waals surface area contributed by atoms with Crippen LogP contribution in [0.5, 0.6) is 5.88 Å². The molecule has 0 saturated carbocycles. The first-order valence-electron chi connectivity index (χ1n) is 6.27. The lowest BCUT2D eigenvalue weighted by Gasteiger charge is -2.35. The molecule has 2 atom stereocenters. The van der Waals surface area contributed by atoms with Crippen LogP contribution in [0.3, 0.4) is 0 Å². The number of fused-ring (bicyclic) bond motifs is 2. The Bertz CT molecular complexity index is 517. The van der Waals surface area contributed by atoms with Crippen molar-refractivity contribution < 1.29 is 5.11 Å². The molecule has 0 aromatic carbocycles. The number of piperidine rings is 1. The smallest absolute Gasteiger partial charge is 0.268 e. The number of halogens is 1. The van der Waals surface area contributed by atoms with Gasteiger partial charge in [0.2, 0.25) is 5.88 Å². The fraction of sp³-hybridized carbons (Fsp3) is 0.667. The maximum absolute atomic E-state index is 11.7. The quantitative estimate of drug-likeness (QED) is 0.743. The topological polar surface area (TPSA) is 69.2 Å². The van der Waals surface area contributed by atoms with Crippen LogP contribution in [0.15, 0.2) is 4.79 Å². The molecule has 0 spiro atoms. The summed E-state index contributed by atoms with van der Waals surface area (Å²) >= 11 is 1.82. The van der Waals surface area contributed by atoms with Crippen LogP contribution in [0.1, 0.15) is 37.4 Å². The summed E-state index contributed by atoms with van der Waals surface area (Å²) in [6, 6.07) is 1.20. The minimum atomic E-state index is -0.232. The Morgan fingerprint density at radius 3 is 2.56 bits per heavy atom. The zero-order valence-corrected chi connectivity index (χ0v) is 12.3. The first kappa shape index (κ1) is 12.4. The minimum absolute atomic E-state index is 0.138. The predicted octanol–water partition coefficient (Wildman–Crippen LogP) is 1.42. The number of nitrogens with one attached hydrogen (secondary N) is 1. The summed E-state index contributed by atoms with van der Waals surface area (Å²) in [7, 11) is 2.18. The molecular weight excluding hydrogens is 345 g/mol. The van der Waals surface area contributed by atoms with Gasteiger partial charge in [0.15, 0.2) is 0 Å². The van der Waals surface area contributed by atoms with Crippen LogP contribution in [0.2, 0.25) is 0 Å². The molecular formula is C12H16IN3O2. The first-order valence-corrected chi connectivity index (χ1v) is 7.34. The van der Waals surface area contributed by atoms with Crippen molar-refractivity contribution in [1.29, 1.82) is 0 Å². The third kappa shape index (κ3) is 1.95. The monoisotopic (exact) mass is 361 g/mol. The molecule has 2 N–H and O–H groups in total. The number of hydrogen-bond acceptors (Lipinski definition) is 4. The van der Waals surface area contributed by atoms with Gasteiger partial charge in [-0.3, -0.25) is 4.79 Å². The highest BCUT2D eigenvalue weighted by Crippen LogP contribution is 2.41. The summed E-state index contributed by atoms with van der Waals surface area (Å²) in [6.45, 7) is 0. The maximum atomic E-state index is 11.7. The zero-order valence-electron chi connectivity index (χ0n) is 10.2. The lowest BCUT2D eigenvalue weighted by molar-refractivity contribution is 0.158. The van der Waals surface area contributed by atoms with E-state index in [1.54, 1.807) is 0 Å². The van der Waals surface area contributed by atoms with Gasteiger partial charge in [0.1, 0.15) is 9.39 Å². The van der Waals surface area contributed by atoms with Crippen LogP contribution < -0.4 is 5.56 Å². The highest BCUT2D eigenvalue weighted by molar-refractivity contribution is 14.1. The molecule has 6 heteroatoms. The molecule has 2 aliphatic rings. The van der Waals surface area contributed by atoms with E-state index < -0.39 is 0 Å². The number of aromatic amines is 1. The van der Waals surface area contributed by atoms with Crippen LogP contribution in [0.4, 0.5) is 0 Å². The molecule has 3 heterocycles. The molecule has 98 valence electrons. The second-order valence-electron chi connectivity index (χ2n) is 5.31. The molecule has 2 unspecified atom stereocenters. The van der Waals surface area contributed by atoms with Crippen molar-refractivity contribution in [2.45, 2.75) is 43.7 Å². The first-order chi connectivity index (χ1) is 8.56. The van der Waals surface area contributed by atoms with E-state index in [0.717, 1.165) is 12.8 Å². The Morgan fingerprint density at radius 1 is 1.39 bits per heavy atom. The molecule has 0 radical (unpaired) electrons. The van der Waals surface area contributed by atoms with E-state index in [1.165, 1.54) is 12.8 Å². The zero-order chi connectivity index (χ0) is 12.9. The summed E-state index contributed by atoms with van der Waals surface area (Å²) in [5, 5.41) is 9.66. The van der Waals surface area contributed by atoms with Crippen molar-refractivity contribution in [1.82, 2.24) is 14.9 Å². The molecule has 0 aliphatic carbocycles. The largest absolute Gasteiger partial charge is 0.492 e. The maximum Gasteiger partial charge on any atom is 0.268 e. The molecule has 2 fully saturated rings. The Labute approximate surface area is 119 Å². The van der Waals surface area contributed by atoms with Crippen LogP contribution in [-0.2, 0) is 0 Å². The average Bonchev–Trinajstić information content (AvgIpc) is 2.57. The molecule has 3 rings (SSSR count). The predicted molar refractivity (Wildman–Crippen MR) is 75.8 cm³/mol. The lowest BCUT2D eigenvalue weighted by atomic mass is 9.90. The Kier molecular flexibility index (Phi) is 3.09. The molecule has 1 aromatic heterocycles. The van der Waals surface area contributed by atoms with Crippen molar-refractivity contribution in [3.8, 4) is 5.88 Å². The summed E-state index contributed by atoms with van der Waals surface area (Å²) < 4.78 is 0.271. The normalized spacial score (nSPS) is 31.8. The number of nitrogens with zero attached hydrogens (tertiary/aromatic N) is 2. The van der Waals surface area contributed by atoms with Gasteiger partial charge in [-0.05, 0) is 55.3 Å². The molecule has 2 bridgehead atoms. The van der Waals surface area contributed by atoms with Crippen LogP contribution >= 0.6 is 22.6 Å². The second-order valence-corrected chi connectivity index (χ2v) is 6.39. The number of aromatic nitrogens is 2. The Morgan fingerprint density at radius 2 is 2.00 bits per heavy atom. The average molecular weight is 361 g/mol.